The Labute approximate surface area is 116 Å². The van der Waals surface area contributed by atoms with E-state index in [9.17, 15) is 0 Å². The fourth-order valence-electron chi connectivity index (χ4n) is 1.98. The lowest BCUT2D eigenvalue weighted by Gasteiger charge is -2.25. The molecule has 5 nitrogen and oxygen atoms in total. The Hall–Kier alpha value is -1.36. The molecule has 0 saturated heterocycles. The van der Waals surface area contributed by atoms with Gasteiger partial charge in [0.25, 0.3) is 0 Å². The first-order valence-electron chi connectivity index (χ1n) is 6.96. The average Bonchev–Trinajstić information content (AvgIpc) is 2.38. The zero-order chi connectivity index (χ0) is 14.6. The van der Waals surface area contributed by atoms with Crippen LogP contribution >= 0.6 is 0 Å². The minimum absolute atomic E-state index is 0.281. The fraction of sp³-hybridized carbons (Fsp3) is 0.714. The van der Waals surface area contributed by atoms with E-state index in [0.29, 0.717) is 11.7 Å². The zero-order valence-corrected chi connectivity index (χ0v) is 13.0. The Morgan fingerprint density at radius 1 is 1.26 bits per heavy atom. The van der Waals surface area contributed by atoms with Crippen molar-refractivity contribution in [1.82, 2.24) is 9.97 Å². The lowest BCUT2D eigenvalue weighted by Crippen LogP contribution is -2.27. The first kappa shape index (κ1) is 15.7. The standard InChI is InChI=1S/C14H27N5/c1-7-10(4)8-19(6)14-11(5)13(18-15)16-12(17-14)9(2)3/h9-10H,7-8,15H2,1-6H3,(H,16,17,18). The number of anilines is 2. The molecule has 0 fully saturated rings. The molecule has 5 heteroatoms. The van der Waals surface area contributed by atoms with E-state index in [1.807, 2.05) is 6.92 Å². The van der Waals surface area contributed by atoms with Gasteiger partial charge in [-0.25, -0.2) is 15.8 Å². The minimum Gasteiger partial charge on any atom is -0.359 e. The Morgan fingerprint density at radius 2 is 1.89 bits per heavy atom. The summed E-state index contributed by atoms with van der Waals surface area (Å²) in [7, 11) is 2.08. The molecule has 0 aliphatic rings. The Bertz CT molecular complexity index is 417. The summed E-state index contributed by atoms with van der Waals surface area (Å²) in [6.07, 6.45) is 1.16. The van der Waals surface area contributed by atoms with Crippen LogP contribution in [0.3, 0.4) is 0 Å². The SMILES string of the molecule is CCC(C)CN(C)c1nc(C(C)C)nc(NN)c1C. The number of aromatic nitrogens is 2. The highest BCUT2D eigenvalue weighted by Crippen LogP contribution is 2.25. The molecule has 0 radical (unpaired) electrons. The Balaban J connectivity index is 3.13. The van der Waals surface area contributed by atoms with Gasteiger partial charge in [-0.05, 0) is 12.8 Å². The van der Waals surface area contributed by atoms with Crippen LogP contribution in [0.2, 0.25) is 0 Å². The maximum Gasteiger partial charge on any atom is 0.148 e. The zero-order valence-electron chi connectivity index (χ0n) is 13.0. The van der Waals surface area contributed by atoms with Crippen molar-refractivity contribution in [3.05, 3.63) is 11.4 Å². The van der Waals surface area contributed by atoms with E-state index in [1.54, 1.807) is 0 Å². The van der Waals surface area contributed by atoms with Crippen molar-refractivity contribution in [3.63, 3.8) is 0 Å². The highest BCUT2D eigenvalue weighted by molar-refractivity contribution is 5.58. The van der Waals surface area contributed by atoms with E-state index in [2.05, 4.69) is 55.0 Å². The van der Waals surface area contributed by atoms with Gasteiger partial charge in [0.1, 0.15) is 17.5 Å². The van der Waals surface area contributed by atoms with E-state index in [-0.39, 0.29) is 5.92 Å². The molecular weight excluding hydrogens is 238 g/mol. The molecular formula is C14H27N5. The van der Waals surface area contributed by atoms with Gasteiger partial charge in [-0.3, -0.25) is 0 Å². The van der Waals surface area contributed by atoms with Crippen molar-refractivity contribution in [1.29, 1.82) is 0 Å². The predicted molar refractivity (Wildman–Crippen MR) is 81.4 cm³/mol. The second-order valence-corrected chi connectivity index (χ2v) is 5.57. The van der Waals surface area contributed by atoms with Crippen molar-refractivity contribution in [3.8, 4) is 0 Å². The van der Waals surface area contributed by atoms with Crippen molar-refractivity contribution >= 4 is 11.6 Å². The van der Waals surface area contributed by atoms with Gasteiger partial charge in [-0.1, -0.05) is 34.1 Å². The molecule has 0 amide bonds. The van der Waals surface area contributed by atoms with Crippen molar-refractivity contribution in [2.24, 2.45) is 11.8 Å². The van der Waals surface area contributed by atoms with Gasteiger partial charge >= 0.3 is 0 Å². The number of hydrogen-bond acceptors (Lipinski definition) is 5. The molecule has 0 spiro atoms. The molecule has 0 aliphatic carbocycles. The smallest absolute Gasteiger partial charge is 0.148 e. The van der Waals surface area contributed by atoms with E-state index < -0.39 is 0 Å². The second-order valence-electron chi connectivity index (χ2n) is 5.57. The molecule has 19 heavy (non-hydrogen) atoms. The summed E-state index contributed by atoms with van der Waals surface area (Å²) < 4.78 is 0. The van der Waals surface area contributed by atoms with E-state index in [0.717, 1.165) is 30.2 Å². The largest absolute Gasteiger partial charge is 0.359 e. The summed E-state index contributed by atoms with van der Waals surface area (Å²) in [5.74, 6) is 8.97. The molecule has 0 bridgehead atoms. The summed E-state index contributed by atoms with van der Waals surface area (Å²) in [5.41, 5.74) is 3.67. The van der Waals surface area contributed by atoms with Crippen LogP contribution < -0.4 is 16.2 Å². The summed E-state index contributed by atoms with van der Waals surface area (Å²) in [6.45, 7) is 11.6. The predicted octanol–water partition coefficient (Wildman–Crippen LogP) is 2.68. The Kier molecular flexibility index (Phi) is 5.54. The van der Waals surface area contributed by atoms with Crippen LogP contribution in [0.5, 0.6) is 0 Å². The quantitative estimate of drug-likeness (QED) is 0.611. The topological polar surface area (TPSA) is 67.1 Å². The molecule has 108 valence electrons. The van der Waals surface area contributed by atoms with Crippen molar-refractivity contribution in [2.45, 2.75) is 47.0 Å². The lowest BCUT2D eigenvalue weighted by atomic mass is 10.1. The number of rotatable bonds is 6. The third kappa shape index (κ3) is 3.80. The molecule has 0 aromatic carbocycles. The monoisotopic (exact) mass is 265 g/mol. The Morgan fingerprint density at radius 3 is 2.37 bits per heavy atom. The van der Waals surface area contributed by atoms with Crippen LogP contribution in [0.4, 0.5) is 11.6 Å². The van der Waals surface area contributed by atoms with Gasteiger partial charge in [0.15, 0.2) is 0 Å². The van der Waals surface area contributed by atoms with E-state index in [1.165, 1.54) is 0 Å². The third-order valence-electron chi connectivity index (χ3n) is 3.43. The molecule has 3 N–H and O–H groups in total. The number of hydrogen-bond donors (Lipinski definition) is 2. The van der Waals surface area contributed by atoms with E-state index >= 15 is 0 Å². The van der Waals surface area contributed by atoms with Crippen molar-refractivity contribution < 1.29 is 0 Å². The molecule has 1 rings (SSSR count). The number of nitrogens with one attached hydrogen (secondary N) is 1. The highest BCUT2D eigenvalue weighted by atomic mass is 15.3. The van der Waals surface area contributed by atoms with E-state index in [4.69, 9.17) is 5.84 Å². The van der Waals surface area contributed by atoms with Crippen LogP contribution in [-0.2, 0) is 0 Å². The molecule has 0 saturated carbocycles. The van der Waals surface area contributed by atoms with Crippen LogP contribution in [0.15, 0.2) is 0 Å². The summed E-state index contributed by atoms with van der Waals surface area (Å²) >= 11 is 0. The maximum atomic E-state index is 5.56. The van der Waals surface area contributed by atoms with Gasteiger partial charge in [-0.2, -0.15) is 0 Å². The average molecular weight is 265 g/mol. The van der Waals surface area contributed by atoms with Crippen molar-refractivity contribution in [2.75, 3.05) is 23.9 Å². The minimum atomic E-state index is 0.281. The normalized spacial score (nSPS) is 12.6. The number of nitrogens with two attached hydrogens (primary N) is 1. The van der Waals surface area contributed by atoms with Gasteiger partial charge in [0.2, 0.25) is 0 Å². The second kappa shape index (κ2) is 6.70. The first-order valence-corrected chi connectivity index (χ1v) is 6.96. The number of hydrazine groups is 1. The lowest BCUT2D eigenvalue weighted by molar-refractivity contribution is 0.556. The summed E-state index contributed by atoms with van der Waals surface area (Å²) in [4.78, 5) is 11.3. The van der Waals surface area contributed by atoms with Crippen LogP contribution in [0.1, 0.15) is 51.4 Å². The molecule has 0 aliphatic heterocycles. The van der Waals surface area contributed by atoms with Crippen LogP contribution in [-0.4, -0.2) is 23.6 Å². The number of nitrogens with zero attached hydrogens (tertiary/aromatic N) is 3. The van der Waals surface area contributed by atoms with Gasteiger partial charge in [0.05, 0.1) is 0 Å². The molecule has 1 aromatic rings. The molecule has 1 atom stereocenters. The van der Waals surface area contributed by atoms with Gasteiger partial charge in [0, 0.05) is 25.1 Å². The van der Waals surface area contributed by atoms with Gasteiger partial charge in [-0.15, -0.1) is 0 Å². The maximum absolute atomic E-state index is 5.56. The number of nitrogen functional groups attached to an aromatic ring is 1. The van der Waals surface area contributed by atoms with Crippen LogP contribution in [0.25, 0.3) is 0 Å². The summed E-state index contributed by atoms with van der Waals surface area (Å²) in [6, 6.07) is 0. The molecule has 1 aromatic heterocycles. The highest BCUT2D eigenvalue weighted by Gasteiger charge is 2.16. The molecule has 1 heterocycles. The van der Waals surface area contributed by atoms with Gasteiger partial charge < -0.3 is 10.3 Å². The van der Waals surface area contributed by atoms with Crippen LogP contribution in [0, 0.1) is 12.8 Å². The fourth-order valence-corrected chi connectivity index (χ4v) is 1.98. The molecule has 1 unspecified atom stereocenters. The summed E-state index contributed by atoms with van der Waals surface area (Å²) in [5, 5.41) is 0. The first-order chi connectivity index (χ1) is 8.90. The third-order valence-corrected chi connectivity index (χ3v) is 3.43.